The highest BCUT2D eigenvalue weighted by molar-refractivity contribution is 6.00. The Hall–Kier alpha value is -4.87. The van der Waals surface area contributed by atoms with E-state index >= 15 is 0 Å². The Morgan fingerprint density at radius 1 is 1.18 bits per heavy atom. The molecule has 2 N–H and O–H groups in total. The molecule has 0 bridgehead atoms. The van der Waals surface area contributed by atoms with Crippen molar-refractivity contribution in [2.75, 3.05) is 5.32 Å². The first kappa shape index (κ1) is 24.5. The number of anilines is 1. The Labute approximate surface area is 222 Å². The lowest BCUT2D eigenvalue weighted by Crippen LogP contribution is -2.14. The van der Waals surface area contributed by atoms with Crippen LogP contribution in [0.4, 0.5) is 5.82 Å². The van der Waals surface area contributed by atoms with E-state index < -0.39 is 18.0 Å². The van der Waals surface area contributed by atoms with Crippen molar-refractivity contribution in [3.8, 4) is 17.0 Å². The van der Waals surface area contributed by atoms with Crippen molar-refractivity contribution in [1.29, 1.82) is 0 Å². The molecule has 0 saturated heterocycles. The summed E-state index contributed by atoms with van der Waals surface area (Å²) in [5.41, 5.74) is 3.88. The van der Waals surface area contributed by atoms with Gasteiger partial charge in [-0.3, -0.25) is 24.2 Å². The van der Waals surface area contributed by atoms with E-state index in [0.717, 1.165) is 29.7 Å². The van der Waals surface area contributed by atoms with E-state index in [1.807, 2.05) is 19.1 Å². The Bertz CT molecular complexity index is 1720. The first-order valence-electron chi connectivity index (χ1n) is 12.7. The summed E-state index contributed by atoms with van der Waals surface area (Å²) >= 11 is 0. The fourth-order valence-corrected chi connectivity index (χ4v) is 4.49. The fraction of sp³-hybridized carbons (Fsp3) is 0.296. The van der Waals surface area contributed by atoms with Gasteiger partial charge in [0.25, 0.3) is 0 Å². The van der Waals surface area contributed by atoms with E-state index in [1.54, 1.807) is 48.6 Å². The van der Waals surface area contributed by atoms with Crippen LogP contribution in [0.3, 0.4) is 0 Å². The summed E-state index contributed by atoms with van der Waals surface area (Å²) in [6.45, 7) is 1.91. The lowest BCUT2D eigenvalue weighted by molar-refractivity contribution is -0.137. The van der Waals surface area contributed by atoms with Crippen molar-refractivity contribution in [3.05, 3.63) is 54.7 Å². The highest BCUT2D eigenvalue weighted by Crippen LogP contribution is 2.34. The molecule has 0 spiro atoms. The second-order valence-corrected chi connectivity index (χ2v) is 9.63. The van der Waals surface area contributed by atoms with Crippen LogP contribution in [-0.4, -0.2) is 57.5 Å². The number of carboxylic acid groups (broad SMARTS) is 1. The van der Waals surface area contributed by atoms with Crippen LogP contribution in [0.2, 0.25) is 0 Å². The number of nitrogens with zero attached hydrogens (tertiary/aromatic N) is 7. The SMILES string of the molecule is C[C@@H](Oc1ccc2c(c1)c(-c1cnn(C)c1)nn2C(=O)CCC(=O)O)c1nc(NC2CC2)cc2nccnc12. The predicted octanol–water partition coefficient (Wildman–Crippen LogP) is 3.99. The molecule has 1 aromatic carbocycles. The second kappa shape index (κ2) is 9.78. The molecular weight excluding hydrogens is 500 g/mol. The van der Waals surface area contributed by atoms with Gasteiger partial charge in [0.05, 0.1) is 23.7 Å². The molecule has 12 nitrogen and oxygen atoms in total. The third-order valence-corrected chi connectivity index (χ3v) is 6.53. The molecule has 1 atom stereocenters. The van der Waals surface area contributed by atoms with Gasteiger partial charge in [0.2, 0.25) is 5.91 Å². The van der Waals surface area contributed by atoms with Crippen LogP contribution in [0.15, 0.2) is 49.1 Å². The number of benzene rings is 1. The van der Waals surface area contributed by atoms with Crippen LogP contribution in [0.5, 0.6) is 5.75 Å². The zero-order valence-corrected chi connectivity index (χ0v) is 21.4. The van der Waals surface area contributed by atoms with Crippen molar-refractivity contribution in [2.45, 2.75) is 44.8 Å². The molecule has 6 rings (SSSR count). The zero-order valence-electron chi connectivity index (χ0n) is 21.4. The second-order valence-electron chi connectivity index (χ2n) is 9.63. The summed E-state index contributed by atoms with van der Waals surface area (Å²) in [7, 11) is 1.79. The molecule has 39 heavy (non-hydrogen) atoms. The van der Waals surface area contributed by atoms with Crippen LogP contribution in [0.1, 0.15) is 49.2 Å². The van der Waals surface area contributed by atoms with Gasteiger partial charge < -0.3 is 15.2 Å². The maximum absolute atomic E-state index is 12.9. The van der Waals surface area contributed by atoms with Gasteiger partial charge in [0.1, 0.15) is 34.6 Å². The van der Waals surface area contributed by atoms with Crippen molar-refractivity contribution in [2.24, 2.45) is 7.05 Å². The number of nitrogens with one attached hydrogen (secondary N) is 1. The van der Waals surface area contributed by atoms with Crippen LogP contribution in [0, 0.1) is 0 Å². The summed E-state index contributed by atoms with van der Waals surface area (Å²) in [6, 6.07) is 7.66. The average Bonchev–Trinajstić information content (AvgIpc) is 3.50. The van der Waals surface area contributed by atoms with E-state index in [4.69, 9.17) is 14.8 Å². The summed E-state index contributed by atoms with van der Waals surface area (Å²) in [6.07, 6.45) is 8.09. The van der Waals surface area contributed by atoms with Gasteiger partial charge in [-0.15, -0.1) is 0 Å². The Morgan fingerprint density at radius 3 is 2.74 bits per heavy atom. The quantitative estimate of drug-likeness (QED) is 0.288. The van der Waals surface area contributed by atoms with E-state index in [-0.39, 0.29) is 12.8 Å². The normalized spacial score (nSPS) is 14.0. The van der Waals surface area contributed by atoms with Gasteiger partial charge in [0.15, 0.2) is 0 Å². The van der Waals surface area contributed by atoms with Crippen molar-refractivity contribution in [3.63, 3.8) is 0 Å². The lowest BCUT2D eigenvalue weighted by atomic mass is 10.1. The predicted molar refractivity (Wildman–Crippen MR) is 142 cm³/mol. The molecule has 198 valence electrons. The van der Waals surface area contributed by atoms with Crippen LogP contribution >= 0.6 is 0 Å². The van der Waals surface area contributed by atoms with Crippen LogP contribution < -0.4 is 10.1 Å². The van der Waals surface area contributed by atoms with Crippen LogP contribution in [-0.2, 0) is 11.8 Å². The lowest BCUT2D eigenvalue weighted by Gasteiger charge is -2.17. The van der Waals surface area contributed by atoms with Gasteiger partial charge in [0, 0.05) is 55.1 Å². The third-order valence-electron chi connectivity index (χ3n) is 6.53. The zero-order chi connectivity index (χ0) is 27.1. The van der Waals surface area contributed by atoms with Crippen molar-refractivity contribution < 1.29 is 19.4 Å². The van der Waals surface area contributed by atoms with E-state index in [0.29, 0.717) is 39.6 Å². The number of fused-ring (bicyclic) bond motifs is 2. The summed E-state index contributed by atoms with van der Waals surface area (Å²) in [5.74, 6) is -0.156. The van der Waals surface area contributed by atoms with Gasteiger partial charge >= 0.3 is 5.97 Å². The maximum Gasteiger partial charge on any atom is 0.303 e. The number of aromatic nitrogens is 7. The molecule has 0 unspecified atom stereocenters. The monoisotopic (exact) mass is 526 g/mol. The first-order valence-corrected chi connectivity index (χ1v) is 12.7. The van der Waals surface area contributed by atoms with Crippen molar-refractivity contribution in [1.82, 2.24) is 34.5 Å². The number of pyridine rings is 1. The number of hydrogen-bond donors (Lipinski definition) is 2. The Kier molecular flexibility index (Phi) is 6.14. The van der Waals surface area contributed by atoms with Gasteiger partial charge in [-0.25, -0.2) is 4.98 Å². The summed E-state index contributed by atoms with van der Waals surface area (Å²) in [4.78, 5) is 37.7. The third kappa shape index (κ3) is 5.00. The summed E-state index contributed by atoms with van der Waals surface area (Å²) < 4.78 is 9.26. The molecule has 0 amide bonds. The number of carbonyl (C=O) groups is 2. The molecule has 1 aliphatic carbocycles. The number of rotatable bonds is 9. The minimum Gasteiger partial charge on any atom is -0.484 e. The van der Waals surface area contributed by atoms with E-state index in [2.05, 4.69) is 25.5 Å². The largest absolute Gasteiger partial charge is 0.484 e. The molecule has 1 aliphatic rings. The number of hydrogen-bond acceptors (Lipinski definition) is 9. The number of aryl methyl sites for hydroxylation is 1. The van der Waals surface area contributed by atoms with Crippen LogP contribution in [0.25, 0.3) is 33.2 Å². The minimum atomic E-state index is -1.04. The smallest absolute Gasteiger partial charge is 0.303 e. The summed E-state index contributed by atoms with van der Waals surface area (Å²) in [5, 5.41) is 21.9. The Balaban J connectivity index is 1.37. The topological polar surface area (TPSA) is 150 Å². The number of carbonyl (C=O) groups excluding carboxylic acids is 1. The molecule has 0 aliphatic heterocycles. The van der Waals surface area contributed by atoms with Crippen molar-refractivity contribution >= 4 is 39.6 Å². The molecule has 4 heterocycles. The highest BCUT2D eigenvalue weighted by atomic mass is 16.5. The Morgan fingerprint density at radius 2 is 2.00 bits per heavy atom. The molecular formula is C27H26N8O4. The number of ether oxygens (including phenoxy) is 1. The number of aliphatic carboxylic acids is 1. The molecule has 12 heteroatoms. The molecule has 1 fully saturated rings. The maximum atomic E-state index is 12.9. The van der Waals surface area contributed by atoms with Gasteiger partial charge in [-0.2, -0.15) is 14.9 Å². The van der Waals surface area contributed by atoms with E-state index in [9.17, 15) is 9.59 Å². The number of carboxylic acids is 1. The minimum absolute atomic E-state index is 0.168. The van der Waals surface area contributed by atoms with Gasteiger partial charge in [-0.1, -0.05) is 0 Å². The first-order chi connectivity index (χ1) is 18.9. The van der Waals surface area contributed by atoms with Gasteiger partial charge in [-0.05, 0) is 38.0 Å². The molecule has 5 aromatic rings. The highest BCUT2D eigenvalue weighted by Gasteiger charge is 2.24. The standard InChI is InChI=1S/C27H26N8O4/c1-15(25-27-20(28-9-10-29-27)12-22(32-25)31-17-3-4-17)39-18-5-6-21-19(11-18)26(16-13-30-34(2)14-16)33-35(21)23(36)7-8-24(37)38/h5-6,9-15,17H,3-4,7-8H2,1-2H3,(H,31,32)(H,37,38)/t15-/m1/s1. The molecule has 0 radical (unpaired) electrons. The molecule has 1 saturated carbocycles. The fourth-order valence-electron chi connectivity index (χ4n) is 4.49. The molecule has 4 aromatic heterocycles. The average molecular weight is 527 g/mol. The van der Waals surface area contributed by atoms with E-state index in [1.165, 1.54) is 4.68 Å².